The summed E-state index contributed by atoms with van der Waals surface area (Å²) in [5, 5.41) is 0.582. The molecule has 0 saturated carbocycles. The fraction of sp³-hybridized carbons (Fsp3) is 0.486. The van der Waals surface area contributed by atoms with E-state index < -0.39 is 16.4 Å². The van der Waals surface area contributed by atoms with Gasteiger partial charge in [-0.25, -0.2) is 4.98 Å². The van der Waals surface area contributed by atoms with Gasteiger partial charge in [0.1, 0.15) is 25.2 Å². The molecule has 49 heavy (non-hydrogen) atoms. The van der Waals surface area contributed by atoms with Gasteiger partial charge in [-0.1, -0.05) is 101 Å². The van der Waals surface area contributed by atoms with Crippen LogP contribution < -0.4 is 4.74 Å². The van der Waals surface area contributed by atoms with Gasteiger partial charge in [-0.3, -0.25) is 9.36 Å². The summed E-state index contributed by atoms with van der Waals surface area (Å²) >= 11 is 6.91. The maximum Gasteiger partial charge on any atom is 0.301 e. The van der Waals surface area contributed by atoms with E-state index in [-0.39, 0.29) is 36.2 Å². The second-order valence-corrected chi connectivity index (χ2v) is 26.6. The summed E-state index contributed by atoms with van der Waals surface area (Å²) in [7, 11) is -3.30. The van der Waals surface area contributed by atoms with E-state index in [2.05, 4.69) is 53.5 Å². The molecule has 9 nitrogen and oxygen atoms in total. The number of hydrogen-bond donors (Lipinski definition) is 0. The molecule has 2 aliphatic heterocycles. The van der Waals surface area contributed by atoms with Gasteiger partial charge in [0.05, 0.1) is 35.6 Å². The average molecular weight is 722 g/mol. The molecule has 0 spiro atoms. The lowest BCUT2D eigenvalue weighted by Gasteiger charge is -2.39. The first-order valence-electron chi connectivity index (χ1n) is 17.0. The number of imidazole rings is 1. The summed E-state index contributed by atoms with van der Waals surface area (Å²) in [5.74, 6) is 0. The number of fused-ring (bicyclic) bond motifs is 2. The van der Waals surface area contributed by atoms with E-state index in [1.807, 2.05) is 59.2 Å². The summed E-state index contributed by atoms with van der Waals surface area (Å²) in [6.07, 6.45) is -0.117. The van der Waals surface area contributed by atoms with Crippen LogP contribution in [0.3, 0.4) is 0 Å². The largest absolute Gasteiger partial charge is 0.456 e. The zero-order valence-corrected chi connectivity index (χ0v) is 32.5. The van der Waals surface area contributed by atoms with Crippen molar-refractivity contribution in [1.82, 2.24) is 14.5 Å². The van der Waals surface area contributed by atoms with Crippen molar-refractivity contribution in [2.45, 2.75) is 95.7 Å². The molecule has 6 rings (SSSR count). The van der Waals surface area contributed by atoms with Crippen LogP contribution in [0, 0.1) is 0 Å². The lowest BCUT2D eigenvalue weighted by molar-refractivity contribution is 0.00691. The molecular formula is C37H48ClN3O6Si2. The molecule has 0 bridgehead atoms. The van der Waals surface area contributed by atoms with Crippen molar-refractivity contribution in [1.29, 1.82) is 0 Å². The molecule has 0 aliphatic carbocycles. The molecule has 2 aromatic heterocycles. The molecule has 12 heteroatoms. The number of hydrogen-bond acceptors (Lipinski definition) is 8. The number of ether oxygens (including phenoxy) is 4. The van der Waals surface area contributed by atoms with Crippen LogP contribution in [0.1, 0.15) is 31.1 Å². The molecule has 262 valence electrons. The number of halogens is 1. The zero-order chi connectivity index (χ0) is 35.1. The Bertz CT molecular complexity index is 1780. The number of nitrogens with zero attached hydrogens (tertiary/aromatic N) is 3. The molecular weight excluding hydrogens is 674 g/mol. The Balaban J connectivity index is 1.26. The second kappa shape index (κ2) is 14.0. The maximum absolute atomic E-state index is 11.1. The number of carbonyl (C=O) groups is 1. The normalized spacial score (nSPS) is 21.3. The maximum atomic E-state index is 11.1. The highest BCUT2D eigenvalue weighted by molar-refractivity contribution is 6.76. The van der Waals surface area contributed by atoms with Crippen LogP contribution in [0.5, 0.6) is 6.01 Å². The monoisotopic (exact) mass is 721 g/mol. The van der Waals surface area contributed by atoms with Crippen LogP contribution in [0.25, 0.3) is 33.5 Å². The lowest BCUT2D eigenvalue weighted by atomic mass is 10.0. The van der Waals surface area contributed by atoms with Gasteiger partial charge in [-0.05, 0) is 41.4 Å². The van der Waals surface area contributed by atoms with Crippen molar-refractivity contribution < 1.29 is 28.2 Å². The first-order chi connectivity index (χ1) is 23.1. The van der Waals surface area contributed by atoms with E-state index in [9.17, 15) is 4.79 Å². The third-order valence-corrected chi connectivity index (χ3v) is 16.4. The van der Waals surface area contributed by atoms with Crippen LogP contribution in [-0.4, -0.2) is 81.4 Å². The summed E-state index contributed by atoms with van der Waals surface area (Å²) in [6.45, 7) is 20.0. The Labute approximate surface area is 296 Å². The van der Waals surface area contributed by atoms with Crippen molar-refractivity contribution in [3.8, 4) is 28.4 Å². The molecule has 2 aromatic carbocycles. The predicted molar refractivity (Wildman–Crippen MR) is 199 cm³/mol. The van der Waals surface area contributed by atoms with E-state index in [4.69, 9.17) is 44.9 Å². The minimum Gasteiger partial charge on any atom is -0.456 e. The highest BCUT2D eigenvalue weighted by Gasteiger charge is 2.52. The highest BCUT2D eigenvalue weighted by Crippen LogP contribution is 2.41. The predicted octanol–water partition coefficient (Wildman–Crippen LogP) is 8.48. The first kappa shape index (κ1) is 35.9. The first-order valence-corrected chi connectivity index (χ1v) is 24.0. The fourth-order valence-electron chi connectivity index (χ4n) is 5.85. The molecule has 4 heterocycles. The molecule has 4 aromatic rings. The van der Waals surface area contributed by atoms with E-state index >= 15 is 0 Å². The minimum atomic E-state index is -2.02. The standard InChI is InChI=1S/C37H48ClN3O6Si2/c1-37(2,3)49(7,8)47-31-22-45-33-30(21-44-34(31)33)46-36-40-35-29(41(36)23-43-17-18-48(4,5)6)19-28(38)32(39-35)27-15-13-26(14-16-27)25-11-9-24(20-42)10-12-25/h9-16,19-20,30-31,33-34H,17-18,21-23H2,1-8H3/t30-,31-,33-,34-/m1/s1. The van der Waals surface area contributed by atoms with Crippen molar-refractivity contribution in [3.63, 3.8) is 0 Å². The summed E-state index contributed by atoms with van der Waals surface area (Å²) in [5.41, 5.74) is 5.42. The quantitative estimate of drug-likeness (QED) is 0.0817. The van der Waals surface area contributed by atoms with Crippen LogP contribution in [0.15, 0.2) is 54.6 Å². The van der Waals surface area contributed by atoms with Gasteiger partial charge in [0.15, 0.2) is 20.1 Å². The number of benzene rings is 2. The molecule has 0 N–H and O–H groups in total. The van der Waals surface area contributed by atoms with Crippen molar-refractivity contribution in [3.05, 3.63) is 65.2 Å². The molecule has 0 radical (unpaired) electrons. The number of aldehydes is 1. The van der Waals surface area contributed by atoms with E-state index in [0.717, 1.165) is 34.5 Å². The van der Waals surface area contributed by atoms with Crippen LogP contribution >= 0.6 is 11.6 Å². The van der Waals surface area contributed by atoms with E-state index in [0.29, 0.717) is 47.8 Å². The fourth-order valence-corrected chi connectivity index (χ4v) is 8.18. The molecule has 4 atom stereocenters. The van der Waals surface area contributed by atoms with Crippen LogP contribution in [0.2, 0.25) is 48.8 Å². The highest BCUT2D eigenvalue weighted by atomic mass is 35.5. The van der Waals surface area contributed by atoms with Gasteiger partial charge in [0.25, 0.3) is 0 Å². The van der Waals surface area contributed by atoms with Gasteiger partial charge in [0, 0.05) is 25.8 Å². The Kier molecular flexibility index (Phi) is 10.3. The van der Waals surface area contributed by atoms with Gasteiger partial charge in [-0.2, -0.15) is 4.98 Å². The third kappa shape index (κ3) is 7.88. The number of pyridine rings is 1. The summed E-state index contributed by atoms with van der Waals surface area (Å²) in [4.78, 5) is 20.9. The Morgan fingerprint density at radius 1 is 0.898 bits per heavy atom. The van der Waals surface area contributed by atoms with Gasteiger partial charge < -0.3 is 23.4 Å². The Morgan fingerprint density at radius 3 is 2.10 bits per heavy atom. The number of aromatic nitrogens is 3. The number of rotatable bonds is 12. The minimum absolute atomic E-state index is 0.0826. The molecule has 2 saturated heterocycles. The van der Waals surface area contributed by atoms with Crippen LogP contribution in [-0.2, 0) is 25.4 Å². The van der Waals surface area contributed by atoms with E-state index in [1.54, 1.807) is 0 Å². The third-order valence-electron chi connectivity index (χ3n) is 9.89. The zero-order valence-electron chi connectivity index (χ0n) is 29.8. The van der Waals surface area contributed by atoms with E-state index in [1.165, 1.54) is 0 Å². The topological polar surface area (TPSA) is 93.9 Å². The van der Waals surface area contributed by atoms with Crippen molar-refractivity contribution in [2.24, 2.45) is 0 Å². The Hall–Kier alpha value is -2.91. The summed E-state index contributed by atoms with van der Waals surface area (Å²) < 4.78 is 33.9. The SMILES string of the molecule is CC(C)(C)[Si](C)(C)O[C@@H]1CO[C@H]2[C@@H]1OC[C@H]2Oc1nc2nc(-c3ccc(-c4ccc(C=O)cc4)cc3)c(Cl)cc2n1COCC[Si](C)(C)C. The van der Waals surface area contributed by atoms with Gasteiger partial charge in [-0.15, -0.1) is 0 Å². The van der Waals surface area contributed by atoms with Crippen molar-refractivity contribution in [2.75, 3.05) is 19.8 Å². The van der Waals surface area contributed by atoms with Crippen LogP contribution in [0.4, 0.5) is 0 Å². The second-order valence-electron chi connectivity index (χ2n) is 15.8. The molecule has 0 amide bonds. The smallest absolute Gasteiger partial charge is 0.301 e. The van der Waals surface area contributed by atoms with Gasteiger partial charge >= 0.3 is 6.01 Å². The number of carbonyl (C=O) groups excluding carboxylic acids is 1. The molecule has 2 fully saturated rings. The van der Waals surface area contributed by atoms with Crippen molar-refractivity contribution >= 4 is 45.4 Å². The molecule has 2 aliphatic rings. The Morgan fingerprint density at radius 2 is 1.49 bits per heavy atom. The molecule has 0 unspecified atom stereocenters. The summed E-state index contributed by atoms with van der Waals surface area (Å²) in [6, 6.07) is 18.8. The average Bonchev–Trinajstić information content (AvgIpc) is 3.73. The lowest BCUT2D eigenvalue weighted by Crippen LogP contribution is -2.47. The van der Waals surface area contributed by atoms with Gasteiger partial charge in [0.2, 0.25) is 0 Å².